The van der Waals surface area contributed by atoms with Crippen LogP contribution in [0.1, 0.15) is 25.5 Å². The van der Waals surface area contributed by atoms with Crippen LogP contribution in [-0.4, -0.2) is 31.4 Å². The van der Waals surface area contributed by atoms with Crippen LogP contribution in [0.2, 0.25) is 0 Å². The first-order chi connectivity index (χ1) is 8.47. The summed E-state index contributed by atoms with van der Waals surface area (Å²) in [6.07, 6.45) is 0. The van der Waals surface area contributed by atoms with Crippen LogP contribution >= 0.6 is 12.4 Å². The number of amides is 1. The molecule has 0 fully saturated rings. The van der Waals surface area contributed by atoms with Crippen LogP contribution in [0.5, 0.6) is 0 Å². The second-order valence-electron chi connectivity index (χ2n) is 4.64. The van der Waals surface area contributed by atoms with Gasteiger partial charge in [0.25, 0.3) is 0 Å². The summed E-state index contributed by atoms with van der Waals surface area (Å²) in [7, 11) is 3.61. The molecule has 0 saturated carbocycles. The molecule has 0 aliphatic heterocycles. The number of hydrogen-bond acceptors (Lipinski definition) is 2. The minimum atomic E-state index is -0.261. The Morgan fingerprint density at radius 1 is 1.32 bits per heavy atom. The third-order valence-electron chi connectivity index (χ3n) is 3.21. The Morgan fingerprint density at radius 2 is 1.84 bits per heavy atom. The highest BCUT2D eigenvalue weighted by atomic mass is 35.5. The Labute approximate surface area is 120 Å². The molecule has 0 saturated heterocycles. The molecular weight excluding hydrogens is 267 g/mol. The minimum Gasteiger partial charge on any atom is -0.339 e. The normalized spacial score (nSPS) is 13.3. The van der Waals surface area contributed by atoms with Crippen LogP contribution < -0.4 is 5.32 Å². The Bertz CT molecular complexity index is 397. The van der Waals surface area contributed by atoms with Gasteiger partial charge < -0.3 is 10.2 Å². The number of carbonyl (C=O) groups is 1. The van der Waals surface area contributed by atoms with E-state index in [1.54, 1.807) is 24.1 Å². The smallest absolute Gasteiger partial charge is 0.226 e. The van der Waals surface area contributed by atoms with E-state index >= 15 is 0 Å². The fourth-order valence-electron chi connectivity index (χ4n) is 1.90. The van der Waals surface area contributed by atoms with Crippen molar-refractivity contribution >= 4 is 18.3 Å². The van der Waals surface area contributed by atoms with Crippen LogP contribution in [0.4, 0.5) is 4.39 Å². The molecule has 108 valence electrons. The Balaban J connectivity index is 0.00000324. The molecule has 1 N–H and O–H groups in total. The van der Waals surface area contributed by atoms with Crippen LogP contribution in [0.3, 0.4) is 0 Å². The molecule has 3 nitrogen and oxygen atoms in total. The average molecular weight is 289 g/mol. The second kappa shape index (κ2) is 8.12. The van der Waals surface area contributed by atoms with Gasteiger partial charge in [0, 0.05) is 19.5 Å². The van der Waals surface area contributed by atoms with Crippen molar-refractivity contribution < 1.29 is 9.18 Å². The van der Waals surface area contributed by atoms with E-state index in [1.165, 1.54) is 12.1 Å². The monoisotopic (exact) mass is 288 g/mol. The van der Waals surface area contributed by atoms with Gasteiger partial charge in [0.1, 0.15) is 5.82 Å². The molecule has 19 heavy (non-hydrogen) atoms. The molecule has 1 rings (SSSR count). The van der Waals surface area contributed by atoms with Crippen molar-refractivity contribution in [2.24, 2.45) is 5.92 Å². The first-order valence-electron chi connectivity index (χ1n) is 6.14. The first-order valence-corrected chi connectivity index (χ1v) is 6.14. The molecule has 5 heteroatoms. The standard InChI is InChI=1S/C14H21FN2O.ClH/c1-10(9-16-3)14(18)17(4)11(2)12-5-7-13(15)8-6-12;/h5-8,10-11,16H,9H2,1-4H3;1H. The van der Waals surface area contributed by atoms with E-state index in [0.717, 1.165) is 5.56 Å². The molecule has 0 spiro atoms. The quantitative estimate of drug-likeness (QED) is 0.903. The van der Waals surface area contributed by atoms with Gasteiger partial charge >= 0.3 is 0 Å². The Morgan fingerprint density at radius 3 is 2.32 bits per heavy atom. The molecule has 1 aromatic carbocycles. The zero-order valence-electron chi connectivity index (χ0n) is 11.8. The third-order valence-corrected chi connectivity index (χ3v) is 3.21. The lowest BCUT2D eigenvalue weighted by Gasteiger charge is -2.28. The lowest BCUT2D eigenvalue weighted by Crippen LogP contribution is -2.37. The molecule has 0 aromatic heterocycles. The molecule has 2 atom stereocenters. The molecule has 0 bridgehead atoms. The maximum Gasteiger partial charge on any atom is 0.226 e. The summed E-state index contributed by atoms with van der Waals surface area (Å²) < 4.78 is 12.8. The van der Waals surface area contributed by atoms with Gasteiger partial charge in [-0.15, -0.1) is 12.4 Å². The number of benzene rings is 1. The van der Waals surface area contributed by atoms with E-state index in [2.05, 4.69) is 5.32 Å². The molecule has 2 unspecified atom stereocenters. The second-order valence-corrected chi connectivity index (χ2v) is 4.64. The highest BCUT2D eigenvalue weighted by Crippen LogP contribution is 2.20. The van der Waals surface area contributed by atoms with Gasteiger partial charge in [-0.05, 0) is 31.7 Å². The summed E-state index contributed by atoms with van der Waals surface area (Å²) in [6.45, 7) is 4.49. The van der Waals surface area contributed by atoms with E-state index < -0.39 is 0 Å². The molecular formula is C14H22ClFN2O. The van der Waals surface area contributed by atoms with Gasteiger partial charge in [-0.2, -0.15) is 0 Å². The van der Waals surface area contributed by atoms with Gasteiger partial charge in [-0.1, -0.05) is 19.1 Å². The van der Waals surface area contributed by atoms with E-state index in [-0.39, 0.29) is 36.1 Å². The van der Waals surface area contributed by atoms with Crippen molar-refractivity contribution in [2.75, 3.05) is 20.6 Å². The largest absolute Gasteiger partial charge is 0.339 e. The summed E-state index contributed by atoms with van der Waals surface area (Å²) in [5.74, 6) is -0.243. The topological polar surface area (TPSA) is 32.3 Å². The molecule has 1 aromatic rings. The van der Waals surface area contributed by atoms with Crippen molar-refractivity contribution in [1.82, 2.24) is 10.2 Å². The Hall–Kier alpha value is -1.13. The van der Waals surface area contributed by atoms with Crippen molar-refractivity contribution in [3.05, 3.63) is 35.6 Å². The SMILES string of the molecule is CNCC(C)C(=O)N(C)C(C)c1ccc(F)cc1.Cl. The molecule has 0 aliphatic carbocycles. The number of hydrogen-bond donors (Lipinski definition) is 1. The third kappa shape index (κ3) is 4.80. The number of nitrogens with one attached hydrogen (secondary N) is 1. The fraction of sp³-hybridized carbons (Fsp3) is 0.500. The Kier molecular flexibility index (Phi) is 7.64. The van der Waals surface area contributed by atoms with Crippen LogP contribution in [-0.2, 0) is 4.79 Å². The molecule has 0 radical (unpaired) electrons. The summed E-state index contributed by atoms with van der Waals surface area (Å²) in [6, 6.07) is 6.21. The van der Waals surface area contributed by atoms with Gasteiger partial charge in [0.15, 0.2) is 0 Å². The maximum absolute atomic E-state index is 12.8. The zero-order chi connectivity index (χ0) is 13.7. The predicted octanol–water partition coefficient (Wildman–Crippen LogP) is 2.62. The van der Waals surface area contributed by atoms with Crippen molar-refractivity contribution in [1.29, 1.82) is 0 Å². The van der Waals surface area contributed by atoms with Crippen LogP contribution in [0.15, 0.2) is 24.3 Å². The molecule has 0 aliphatic rings. The van der Waals surface area contributed by atoms with Gasteiger partial charge in [-0.3, -0.25) is 4.79 Å². The summed E-state index contributed by atoms with van der Waals surface area (Å²) >= 11 is 0. The van der Waals surface area contributed by atoms with Gasteiger partial charge in [0.05, 0.1) is 6.04 Å². The highest BCUT2D eigenvalue weighted by molar-refractivity contribution is 5.85. The van der Waals surface area contributed by atoms with E-state index in [4.69, 9.17) is 0 Å². The fourth-order valence-corrected chi connectivity index (χ4v) is 1.90. The summed E-state index contributed by atoms with van der Waals surface area (Å²) in [4.78, 5) is 13.8. The van der Waals surface area contributed by atoms with Gasteiger partial charge in [-0.25, -0.2) is 4.39 Å². The number of rotatable bonds is 5. The minimum absolute atomic E-state index is 0. The number of halogens is 2. The van der Waals surface area contributed by atoms with Crippen molar-refractivity contribution in [3.63, 3.8) is 0 Å². The lowest BCUT2D eigenvalue weighted by molar-refractivity contribution is -0.135. The number of carbonyl (C=O) groups excluding carboxylic acids is 1. The predicted molar refractivity (Wildman–Crippen MR) is 77.9 cm³/mol. The van der Waals surface area contributed by atoms with E-state index in [0.29, 0.717) is 6.54 Å². The molecule has 1 amide bonds. The summed E-state index contributed by atoms with van der Waals surface area (Å²) in [5, 5.41) is 2.99. The lowest BCUT2D eigenvalue weighted by atomic mass is 10.0. The van der Waals surface area contributed by atoms with E-state index in [9.17, 15) is 9.18 Å². The summed E-state index contributed by atoms with van der Waals surface area (Å²) in [5.41, 5.74) is 0.934. The first kappa shape index (κ1) is 17.9. The van der Waals surface area contributed by atoms with Crippen molar-refractivity contribution in [2.45, 2.75) is 19.9 Å². The highest BCUT2D eigenvalue weighted by Gasteiger charge is 2.21. The average Bonchev–Trinajstić information content (AvgIpc) is 2.37. The van der Waals surface area contributed by atoms with Crippen molar-refractivity contribution in [3.8, 4) is 0 Å². The van der Waals surface area contributed by atoms with Crippen LogP contribution in [0, 0.1) is 11.7 Å². The zero-order valence-corrected chi connectivity index (χ0v) is 12.6. The van der Waals surface area contributed by atoms with Crippen LogP contribution in [0.25, 0.3) is 0 Å². The molecule has 0 heterocycles. The van der Waals surface area contributed by atoms with E-state index in [1.807, 2.05) is 20.9 Å². The van der Waals surface area contributed by atoms with Gasteiger partial charge in [0.2, 0.25) is 5.91 Å². The maximum atomic E-state index is 12.8. The number of nitrogens with zero attached hydrogens (tertiary/aromatic N) is 1.